The van der Waals surface area contributed by atoms with E-state index < -0.39 is 5.97 Å². The summed E-state index contributed by atoms with van der Waals surface area (Å²) in [5.41, 5.74) is 1.93. The third kappa shape index (κ3) is 3.30. The van der Waals surface area contributed by atoms with Gasteiger partial charge in [-0.3, -0.25) is 9.69 Å². The van der Waals surface area contributed by atoms with Crippen molar-refractivity contribution in [1.29, 1.82) is 0 Å². The van der Waals surface area contributed by atoms with E-state index in [0.29, 0.717) is 22.7 Å². The lowest BCUT2D eigenvalue weighted by Crippen LogP contribution is -2.31. The summed E-state index contributed by atoms with van der Waals surface area (Å²) in [6, 6.07) is 10.5. The highest BCUT2D eigenvalue weighted by molar-refractivity contribution is 9.10. The molecular formula is C19H16BrNO4. The summed E-state index contributed by atoms with van der Waals surface area (Å²) in [6.45, 7) is 2.03. The van der Waals surface area contributed by atoms with Gasteiger partial charge in [-0.05, 0) is 36.8 Å². The molecule has 6 heteroatoms. The molecule has 0 aromatic heterocycles. The van der Waals surface area contributed by atoms with Crippen molar-refractivity contribution in [3.8, 4) is 11.5 Å². The molecule has 2 aromatic rings. The molecule has 5 nitrogen and oxygen atoms in total. The van der Waals surface area contributed by atoms with Gasteiger partial charge in [-0.25, -0.2) is 4.79 Å². The van der Waals surface area contributed by atoms with E-state index in [0.717, 1.165) is 16.5 Å². The Morgan fingerprint density at radius 3 is 2.60 bits per heavy atom. The van der Waals surface area contributed by atoms with Crippen molar-refractivity contribution < 1.29 is 19.1 Å². The number of anilines is 1. The predicted molar refractivity (Wildman–Crippen MR) is 98.0 cm³/mol. The van der Waals surface area contributed by atoms with E-state index in [1.54, 1.807) is 24.4 Å². The molecule has 0 fully saturated rings. The monoisotopic (exact) mass is 401 g/mol. The van der Waals surface area contributed by atoms with Gasteiger partial charge >= 0.3 is 5.97 Å². The first kappa shape index (κ1) is 17.2. The van der Waals surface area contributed by atoms with Crippen LogP contribution in [-0.4, -0.2) is 19.0 Å². The molecule has 0 saturated carbocycles. The van der Waals surface area contributed by atoms with Crippen molar-refractivity contribution in [2.45, 2.75) is 13.3 Å². The number of esters is 1. The molecule has 0 radical (unpaired) electrons. The van der Waals surface area contributed by atoms with Crippen LogP contribution in [0.3, 0.4) is 0 Å². The number of nitrogens with zero attached hydrogens (tertiary/aromatic N) is 1. The second-order valence-corrected chi connectivity index (χ2v) is 6.22. The third-order valence-electron chi connectivity index (χ3n) is 3.89. The summed E-state index contributed by atoms with van der Waals surface area (Å²) >= 11 is 3.52. The minimum absolute atomic E-state index is 0.138. The lowest BCUT2D eigenvalue weighted by molar-refractivity contribution is -0.114. The highest BCUT2D eigenvalue weighted by Gasteiger charge is 2.24. The fraction of sp³-hybridized carbons (Fsp3) is 0.158. The Balaban J connectivity index is 2.06. The maximum absolute atomic E-state index is 11.8. The summed E-state index contributed by atoms with van der Waals surface area (Å²) in [6.07, 6.45) is 3.89. The number of rotatable bonds is 5. The molecule has 0 N–H and O–H groups in total. The summed E-state index contributed by atoms with van der Waals surface area (Å²) < 4.78 is 11.8. The van der Waals surface area contributed by atoms with Crippen molar-refractivity contribution in [2.75, 3.05) is 12.0 Å². The number of amides is 1. The Morgan fingerprint density at radius 2 is 2.00 bits per heavy atom. The lowest BCUT2D eigenvalue weighted by atomic mass is 10.1. The number of methoxy groups -OCH3 is 1. The first-order valence-corrected chi connectivity index (χ1v) is 8.53. The first-order valence-electron chi connectivity index (χ1n) is 7.74. The highest BCUT2D eigenvalue weighted by Crippen LogP contribution is 2.38. The Kier molecular flexibility index (Phi) is 4.90. The number of benzene rings is 2. The van der Waals surface area contributed by atoms with Gasteiger partial charge in [-0.15, -0.1) is 0 Å². The number of carbonyl (C=O) groups is 2. The summed E-state index contributed by atoms with van der Waals surface area (Å²) in [5, 5.41) is 0. The second-order valence-electron chi connectivity index (χ2n) is 5.37. The van der Waals surface area contributed by atoms with Crippen molar-refractivity contribution in [3.05, 3.63) is 64.3 Å². The molecule has 0 bridgehead atoms. The minimum Gasteiger partial charge on any atom is -0.465 e. The van der Waals surface area contributed by atoms with Gasteiger partial charge in [0.05, 0.1) is 18.4 Å². The van der Waals surface area contributed by atoms with Crippen molar-refractivity contribution in [1.82, 2.24) is 0 Å². The predicted octanol–water partition coefficient (Wildman–Crippen LogP) is 4.45. The number of carbonyl (C=O) groups excluding carboxylic acids is 2. The number of hydrogen-bond acceptors (Lipinski definition) is 4. The van der Waals surface area contributed by atoms with Crippen LogP contribution in [0.2, 0.25) is 0 Å². The highest BCUT2D eigenvalue weighted by atomic mass is 79.9. The van der Waals surface area contributed by atoms with Gasteiger partial charge in [-0.2, -0.15) is 0 Å². The molecule has 25 heavy (non-hydrogen) atoms. The molecule has 128 valence electrons. The molecule has 0 unspecified atom stereocenters. The van der Waals surface area contributed by atoms with Crippen LogP contribution in [0.5, 0.6) is 11.5 Å². The van der Waals surface area contributed by atoms with Gasteiger partial charge in [0.2, 0.25) is 0 Å². The summed E-state index contributed by atoms with van der Waals surface area (Å²) in [5.74, 6) is 0.470. The number of hydrogen-bond donors (Lipinski definition) is 0. The molecule has 2 aromatic carbocycles. The zero-order chi connectivity index (χ0) is 18.0. The van der Waals surface area contributed by atoms with E-state index in [1.807, 2.05) is 25.1 Å². The molecule has 0 atom stereocenters. The average Bonchev–Trinajstić information content (AvgIpc) is 2.61. The lowest BCUT2D eigenvalue weighted by Gasteiger charge is -2.26. The van der Waals surface area contributed by atoms with Crippen LogP contribution in [0.1, 0.15) is 22.8 Å². The van der Waals surface area contributed by atoms with E-state index in [2.05, 4.69) is 15.9 Å². The Morgan fingerprint density at radius 1 is 1.20 bits per heavy atom. The fourth-order valence-electron chi connectivity index (χ4n) is 2.54. The molecule has 3 rings (SSSR count). The van der Waals surface area contributed by atoms with Crippen LogP contribution in [-0.2, 0) is 16.0 Å². The zero-order valence-electron chi connectivity index (χ0n) is 13.8. The first-order chi connectivity index (χ1) is 12.0. The molecule has 1 aliphatic rings. The second kappa shape index (κ2) is 7.11. The van der Waals surface area contributed by atoms with Crippen molar-refractivity contribution >= 4 is 33.5 Å². The quantitative estimate of drug-likeness (QED) is 0.694. The van der Waals surface area contributed by atoms with Gasteiger partial charge in [0.1, 0.15) is 5.75 Å². The van der Waals surface area contributed by atoms with Crippen LogP contribution in [0.15, 0.2) is 53.1 Å². The van der Waals surface area contributed by atoms with Crippen molar-refractivity contribution in [3.63, 3.8) is 0 Å². The van der Waals surface area contributed by atoms with Gasteiger partial charge < -0.3 is 9.47 Å². The third-order valence-corrected chi connectivity index (χ3v) is 4.64. The molecular weight excluding hydrogens is 386 g/mol. The topological polar surface area (TPSA) is 55.8 Å². The zero-order valence-corrected chi connectivity index (χ0v) is 15.4. The van der Waals surface area contributed by atoms with Crippen LogP contribution >= 0.6 is 15.9 Å². The standard InChI is InChI=1S/C19H16BrNO4/c1-3-13-14(20)5-4-6-16(13)25-17-11-12(19(23)24-2)7-8-15(17)21-10-9-18(21)22/h4-11H,3H2,1-2H3. The maximum Gasteiger partial charge on any atom is 0.337 e. The fourth-order valence-corrected chi connectivity index (χ4v) is 3.17. The maximum atomic E-state index is 11.8. The molecule has 1 aliphatic heterocycles. The van der Waals surface area contributed by atoms with E-state index in [4.69, 9.17) is 9.47 Å². The molecule has 0 spiro atoms. The Bertz CT molecular complexity index is 876. The van der Waals surface area contributed by atoms with E-state index in [1.165, 1.54) is 18.1 Å². The van der Waals surface area contributed by atoms with E-state index in [9.17, 15) is 9.59 Å². The minimum atomic E-state index is -0.466. The van der Waals surface area contributed by atoms with E-state index in [-0.39, 0.29) is 5.91 Å². The molecule has 0 saturated heterocycles. The van der Waals surface area contributed by atoms with Crippen molar-refractivity contribution in [2.24, 2.45) is 0 Å². The average molecular weight is 402 g/mol. The van der Waals surface area contributed by atoms with Gasteiger partial charge in [-0.1, -0.05) is 28.9 Å². The van der Waals surface area contributed by atoms with Gasteiger partial charge in [0.15, 0.2) is 5.75 Å². The van der Waals surface area contributed by atoms with Gasteiger partial charge in [0, 0.05) is 22.3 Å². The summed E-state index contributed by atoms with van der Waals surface area (Å²) in [7, 11) is 1.32. The van der Waals surface area contributed by atoms with Crippen LogP contribution in [0.4, 0.5) is 5.69 Å². The normalized spacial score (nSPS) is 12.8. The molecule has 1 amide bonds. The smallest absolute Gasteiger partial charge is 0.337 e. The van der Waals surface area contributed by atoms with Crippen LogP contribution < -0.4 is 9.64 Å². The Labute approximate surface area is 154 Å². The number of halogens is 1. The van der Waals surface area contributed by atoms with E-state index >= 15 is 0 Å². The van der Waals surface area contributed by atoms with Gasteiger partial charge in [0.25, 0.3) is 5.91 Å². The van der Waals surface area contributed by atoms with Crippen LogP contribution in [0, 0.1) is 0 Å². The Hall–Kier alpha value is -2.60. The number of ether oxygens (including phenoxy) is 2. The SMILES string of the molecule is CCc1c(Br)cccc1Oc1cc(C(=O)OC)ccc1N1C=CC1=O. The molecule has 1 heterocycles. The largest absolute Gasteiger partial charge is 0.465 e. The summed E-state index contributed by atoms with van der Waals surface area (Å²) in [4.78, 5) is 25.1. The van der Waals surface area contributed by atoms with Crippen LogP contribution in [0.25, 0.3) is 0 Å². The molecule has 0 aliphatic carbocycles.